The van der Waals surface area contributed by atoms with Crippen LogP contribution in [-0.2, 0) is 19.5 Å². The number of rotatable bonds is 3. The Labute approximate surface area is 82.0 Å². The Morgan fingerprint density at radius 1 is 1.43 bits per heavy atom. The van der Waals surface area contributed by atoms with Crippen molar-refractivity contribution in [3.05, 3.63) is 16.3 Å². The van der Waals surface area contributed by atoms with Crippen molar-refractivity contribution in [3.63, 3.8) is 0 Å². The van der Waals surface area contributed by atoms with Crippen LogP contribution in [0.3, 0.4) is 0 Å². The molecular formula is C9H15N3O2. The van der Waals surface area contributed by atoms with Gasteiger partial charge in [0, 0.05) is 26.1 Å². The van der Waals surface area contributed by atoms with Crippen LogP contribution in [0.4, 0.5) is 0 Å². The summed E-state index contributed by atoms with van der Waals surface area (Å²) >= 11 is 0. The van der Waals surface area contributed by atoms with Gasteiger partial charge in [-0.1, -0.05) is 0 Å². The Kier molecular flexibility index (Phi) is 2.67. The average Bonchev–Trinajstić information content (AvgIpc) is 2.54. The van der Waals surface area contributed by atoms with Crippen LogP contribution in [0.25, 0.3) is 0 Å². The average molecular weight is 197 g/mol. The molecule has 78 valence electrons. The molecule has 0 aromatic carbocycles. The van der Waals surface area contributed by atoms with Gasteiger partial charge in [0.1, 0.15) is 5.82 Å². The summed E-state index contributed by atoms with van der Waals surface area (Å²) < 4.78 is 3.22. The van der Waals surface area contributed by atoms with E-state index in [0.29, 0.717) is 13.0 Å². The van der Waals surface area contributed by atoms with Gasteiger partial charge in [-0.05, 0) is 19.3 Å². The largest absolute Gasteiger partial charge is 0.396 e. The van der Waals surface area contributed by atoms with Gasteiger partial charge in [0.15, 0.2) is 0 Å². The van der Waals surface area contributed by atoms with Gasteiger partial charge in [-0.3, -0.25) is 4.57 Å². The molecule has 0 fully saturated rings. The van der Waals surface area contributed by atoms with Gasteiger partial charge in [0.05, 0.1) is 0 Å². The van der Waals surface area contributed by atoms with Crippen LogP contribution in [0.1, 0.15) is 25.1 Å². The molecule has 0 bridgehead atoms. The van der Waals surface area contributed by atoms with Crippen molar-refractivity contribution in [3.8, 4) is 0 Å². The monoisotopic (exact) mass is 197 g/mol. The fourth-order valence-corrected chi connectivity index (χ4v) is 1.81. The fraction of sp³-hybridized carbons (Fsp3) is 0.778. The highest BCUT2D eigenvalue weighted by atomic mass is 16.3. The molecule has 0 amide bonds. The lowest BCUT2D eigenvalue weighted by Crippen LogP contribution is -2.27. The van der Waals surface area contributed by atoms with Crippen molar-refractivity contribution in [1.82, 2.24) is 14.3 Å². The molecule has 1 N–H and O–H groups in total. The summed E-state index contributed by atoms with van der Waals surface area (Å²) in [5.41, 5.74) is -0.0202. The third-order valence-corrected chi connectivity index (χ3v) is 2.56. The highest BCUT2D eigenvalue weighted by Crippen LogP contribution is 2.09. The van der Waals surface area contributed by atoms with Gasteiger partial charge in [0.25, 0.3) is 0 Å². The number of aromatic nitrogens is 3. The minimum absolute atomic E-state index is 0.0202. The lowest BCUT2D eigenvalue weighted by atomic mass is 10.2. The minimum atomic E-state index is -0.0202. The Morgan fingerprint density at radius 3 is 3.00 bits per heavy atom. The molecular weight excluding hydrogens is 182 g/mol. The van der Waals surface area contributed by atoms with Crippen LogP contribution in [0.15, 0.2) is 4.79 Å². The quantitative estimate of drug-likeness (QED) is 0.727. The molecule has 0 atom stereocenters. The normalized spacial score (nSPS) is 15.5. The molecule has 0 aliphatic carbocycles. The summed E-state index contributed by atoms with van der Waals surface area (Å²) in [7, 11) is 0. The van der Waals surface area contributed by atoms with Crippen LogP contribution in [0, 0.1) is 0 Å². The van der Waals surface area contributed by atoms with E-state index in [1.807, 2.05) is 0 Å². The molecule has 0 saturated heterocycles. The van der Waals surface area contributed by atoms with Gasteiger partial charge in [-0.15, -0.1) is 0 Å². The summed E-state index contributed by atoms with van der Waals surface area (Å²) in [6.07, 6.45) is 3.69. The van der Waals surface area contributed by atoms with Crippen LogP contribution < -0.4 is 5.69 Å². The van der Waals surface area contributed by atoms with Crippen molar-refractivity contribution in [2.24, 2.45) is 0 Å². The summed E-state index contributed by atoms with van der Waals surface area (Å²) in [6.45, 7) is 1.43. The number of aliphatic hydroxyl groups is 1. The topological polar surface area (TPSA) is 60.1 Å². The van der Waals surface area contributed by atoms with E-state index < -0.39 is 0 Å². The molecule has 1 aliphatic heterocycles. The van der Waals surface area contributed by atoms with Crippen molar-refractivity contribution >= 4 is 0 Å². The minimum Gasteiger partial charge on any atom is -0.396 e. The van der Waals surface area contributed by atoms with Crippen LogP contribution in [0.2, 0.25) is 0 Å². The maximum absolute atomic E-state index is 11.7. The van der Waals surface area contributed by atoms with E-state index in [2.05, 4.69) is 5.10 Å². The van der Waals surface area contributed by atoms with Gasteiger partial charge < -0.3 is 5.11 Å². The van der Waals surface area contributed by atoms with E-state index in [9.17, 15) is 4.79 Å². The second-order valence-electron chi connectivity index (χ2n) is 3.61. The predicted octanol–water partition coefficient (Wildman–Crippen LogP) is -0.237. The Bertz CT molecular complexity index is 367. The highest BCUT2D eigenvalue weighted by molar-refractivity contribution is 4.91. The summed E-state index contributed by atoms with van der Waals surface area (Å²) in [4.78, 5) is 11.7. The Balaban J connectivity index is 2.25. The van der Waals surface area contributed by atoms with E-state index >= 15 is 0 Å². The molecule has 5 nitrogen and oxygen atoms in total. The Morgan fingerprint density at radius 2 is 2.29 bits per heavy atom. The van der Waals surface area contributed by atoms with Crippen molar-refractivity contribution < 1.29 is 5.11 Å². The van der Waals surface area contributed by atoms with Gasteiger partial charge >= 0.3 is 5.69 Å². The molecule has 2 heterocycles. The molecule has 2 rings (SSSR count). The fourth-order valence-electron chi connectivity index (χ4n) is 1.81. The first-order valence-corrected chi connectivity index (χ1v) is 5.10. The molecule has 0 spiro atoms. The standard InChI is InChI=1S/C9H15N3O2/c13-7-3-6-12-9(14)11-5-2-1-4-8(11)10-12/h13H,1-7H2. The molecule has 1 aliphatic rings. The zero-order chi connectivity index (χ0) is 9.97. The number of nitrogens with zero attached hydrogens (tertiary/aromatic N) is 3. The molecule has 0 saturated carbocycles. The maximum Gasteiger partial charge on any atom is 0.345 e. The van der Waals surface area contributed by atoms with E-state index in [4.69, 9.17) is 5.11 Å². The smallest absolute Gasteiger partial charge is 0.345 e. The van der Waals surface area contributed by atoms with Crippen molar-refractivity contribution in [2.75, 3.05) is 6.61 Å². The van der Waals surface area contributed by atoms with Crippen LogP contribution >= 0.6 is 0 Å². The number of aliphatic hydroxyl groups excluding tert-OH is 1. The van der Waals surface area contributed by atoms with Crippen LogP contribution in [-0.4, -0.2) is 26.1 Å². The van der Waals surface area contributed by atoms with E-state index in [-0.39, 0.29) is 12.3 Å². The van der Waals surface area contributed by atoms with E-state index in [1.54, 1.807) is 4.57 Å². The van der Waals surface area contributed by atoms with E-state index in [0.717, 1.165) is 31.6 Å². The molecule has 1 aromatic rings. The third-order valence-electron chi connectivity index (χ3n) is 2.56. The summed E-state index contributed by atoms with van der Waals surface area (Å²) in [5, 5.41) is 12.9. The molecule has 0 unspecified atom stereocenters. The highest BCUT2D eigenvalue weighted by Gasteiger charge is 2.15. The first-order valence-electron chi connectivity index (χ1n) is 5.10. The van der Waals surface area contributed by atoms with Gasteiger partial charge in [-0.2, -0.15) is 5.10 Å². The number of hydrogen-bond donors (Lipinski definition) is 1. The zero-order valence-electron chi connectivity index (χ0n) is 8.15. The first kappa shape index (κ1) is 9.45. The molecule has 14 heavy (non-hydrogen) atoms. The lowest BCUT2D eigenvalue weighted by molar-refractivity contribution is 0.275. The van der Waals surface area contributed by atoms with Crippen LogP contribution in [0.5, 0.6) is 0 Å². The second kappa shape index (κ2) is 3.96. The number of aryl methyl sites for hydroxylation is 2. The van der Waals surface area contributed by atoms with Gasteiger partial charge in [0.2, 0.25) is 0 Å². The molecule has 5 heteroatoms. The summed E-state index contributed by atoms with van der Waals surface area (Å²) in [6, 6.07) is 0. The first-order chi connectivity index (χ1) is 6.83. The van der Waals surface area contributed by atoms with Crippen molar-refractivity contribution in [2.45, 2.75) is 38.8 Å². The summed E-state index contributed by atoms with van der Waals surface area (Å²) in [5.74, 6) is 0.902. The maximum atomic E-state index is 11.7. The third kappa shape index (κ3) is 1.59. The van der Waals surface area contributed by atoms with E-state index in [1.165, 1.54) is 4.68 Å². The zero-order valence-corrected chi connectivity index (χ0v) is 8.15. The number of hydrogen-bond acceptors (Lipinski definition) is 3. The number of fused-ring (bicyclic) bond motifs is 1. The SMILES string of the molecule is O=c1n(CCCO)nc2n1CCCC2. The van der Waals surface area contributed by atoms with Crippen molar-refractivity contribution in [1.29, 1.82) is 0 Å². The molecule has 1 aromatic heterocycles. The lowest BCUT2D eigenvalue weighted by Gasteiger charge is -2.09. The Hall–Kier alpha value is -1.10. The molecule has 0 radical (unpaired) electrons. The second-order valence-corrected chi connectivity index (χ2v) is 3.61. The predicted molar refractivity (Wildman–Crippen MR) is 51.1 cm³/mol. The van der Waals surface area contributed by atoms with Gasteiger partial charge in [-0.25, -0.2) is 9.48 Å².